The highest BCUT2D eigenvalue weighted by Gasteiger charge is 2.36. The maximum Gasteiger partial charge on any atom is 0.274 e. The predicted molar refractivity (Wildman–Crippen MR) is 122 cm³/mol. The number of carbonyl (C=O) groups is 2. The van der Waals surface area contributed by atoms with Crippen LogP contribution >= 0.6 is 0 Å². The van der Waals surface area contributed by atoms with Crippen LogP contribution in [-0.2, 0) is 9.59 Å². The number of aryl methyl sites for hydroxylation is 1. The molecule has 1 aromatic carbocycles. The standard InChI is InChI=1S/C22H26N6O5/c1-11-6-12(2)10-27(9-11)22-25-19-18(21(31)26-22)15(8-17(29)24-19)20(30)23-14-5-4-13(3)16(7-14)28(32)33/h4-5,7,11-12,15H,6,8-10H2,1-3H3,(H,23,30)(H2,24,25,26,29,31). The molecule has 2 aromatic rings. The van der Waals surface area contributed by atoms with E-state index in [1.807, 2.05) is 4.90 Å². The average molecular weight is 454 g/mol. The molecule has 0 saturated carbocycles. The number of anilines is 3. The van der Waals surface area contributed by atoms with Gasteiger partial charge in [-0.15, -0.1) is 0 Å². The van der Waals surface area contributed by atoms with E-state index in [1.54, 1.807) is 6.92 Å². The molecule has 1 aromatic heterocycles. The average Bonchev–Trinajstić information content (AvgIpc) is 2.73. The Balaban J connectivity index is 1.64. The third-order valence-corrected chi connectivity index (χ3v) is 6.10. The highest BCUT2D eigenvalue weighted by Crippen LogP contribution is 2.32. The van der Waals surface area contributed by atoms with Crippen molar-refractivity contribution in [3.05, 3.63) is 49.8 Å². The third kappa shape index (κ3) is 4.57. The predicted octanol–water partition coefficient (Wildman–Crippen LogP) is 2.53. The number of nitro groups is 1. The Bertz CT molecular complexity index is 1180. The van der Waals surface area contributed by atoms with E-state index in [0.717, 1.165) is 19.5 Å². The maximum absolute atomic E-state index is 13.0. The van der Waals surface area contributed by atoms with Crippen molar-refractivity contribution >= 4 is 35.0 Å². The minimum absolute atomic E-state index is 0.0749. The van der Waals surface area contributed by atoms with Gasteiger partial charge < -0.3 is 15.5 Å². The molecule has 0 radical (unpaired) electrons. The smallest absolute Gasteiger partial charge is 0.274 e. The second-order valence-electron chi connectivity index (χ2n) is 9.06. The SMILES string of the molecule is Cc1ccc(NC(=O)C2CC(=O)Nc3nc(N4CC(C)CC(C)C4)[nH]c(=O)c32)cc1[N+](=O)[O-]. The van der Waals surface area contributed by atoms with Gasteiger partial charge >= 0.3 is 0 Å². The molecule has 0 spiro atoms. The van der Waals surface area contributed by atoms with Gasteiger partial charge in [-0.1, -0.05) is 19.9 Å². The number of nitrogens with one attached hydrogen (secondary N) is 3. The lowest BCUT2D eigenvalue weighted by molar-refractivity contribution is -0.385. The summed E-state index contributed by atoms with van der Waals surface area (Å²) in [5, 5.41) is 16.4. The lowest BCUT2D eigenvalue weighted by Gasteiger charge is -2.35. The topological polar surface area (TPSA) is 150 Å². The van der Waals surface area contributed by atoms with Crippen LogP contribution in [0.3, 0.4) is 0 Å². The molecule has 2 amide bonds. The number of nitrogens with zero attached hydrogens (tertiary/aromatic N) is 3. The number of amides is 2. The zero-order chi connectivity index (χ0) is 23.9. The van der Waals surface area contributed by atoms with Crippen LogP contribution in [0.4, 0.5) is 23.1 Å². The molecule has 11 nitrogen and oxygen atoms in total. The summed E-state index contributed by atoms with van der Waals surface area (Å²) in [5.41, 5.74) is 0.118. The van der Waals surface area contributed by atoms with Gasteiger partial charge in [0.2, 0.25) is 17.8 Å². The molecule has 3 N–H and O–H groups in total. The Labute approximate surface area is 189 Å². The van der Waals surface area contributed by atoms with Gasteiger partial charge in [-0.05, 0) is 31.2 Å². The summed E-state index contributed by atoms with van der Waals surface area (Å²) in [7, 11) is 0. The summed E-state index contributed by atoms with van der Waals surface area (Å²) in [6.07, 6.45) is 0.858. The minimum Gasteiger partial charge on any atom is -0.342 e. The zero-order valence-corrected chi connectivity index (χ0v) is 18.7. The number of fused-ring (bicyclic) bond motifs is 1. The molecule has 3 atom stereocenters. The minimum atomic E-state index is -1.07. The van der Waals surface area contributed by atoms with Crippen LogP contribution in [0, 0.1) is 28.9 Å². The van der Waals surface area contributed by atoms with Crippen molar-refractivity contribution in [2.24, 2.45) is 11.8 Å². The second kappa shape index (κ2) is 8.64. The van der Waals surface area contributed by atoms with Crippen molar-refractivity contribution in [3.63, 3.8) is 0 Å². The van der Waals surface area contributed by atoms with Gasteiger partial charge in [0.1, 0.15) is 5.82 Å². The number of aromatic nitrogens is 2. The Hall–Kier alpha value is -3.76. The number of rotatable bonds is 4. The van der Waals surface area contributed by atoms with Gasteiger partial charge in [-0.3, -0.25) is 29.5 Å². The highest BCUT2D eigenvalue weighted by molar-refractivity contribution is 6.04. The fourth-order valence-electron chi connectivity index (χ4n) is 4.68. The summed E-state index contributed by atoms with van der Waals surface area (Å²) in [5.74, 6) is -0.799. The van der Waals surface area contributed by atoms with Crippen molar-refractivity contribution in [2.45, 2.75) is 39.5 Å². The first-order valence-corrected chi connectivity index (χ1v) is 10.9. The van der Waals surface area contributed by atoms with E-state index in [-0.39, 0.29) is 29.2 Å². The molecule has 4 rings (SSSR count). The Morgan fingerprint density at radius 3 is 2.61 bits per heavy atom. The van der Waals surface area contributed by atoms with E-state index in [0.29, 0.717) is 23.3 Å². The number of nitro benzene ring substituents is 1. The van der Waals surface area contributed by atoms with E-state index in [2.05, 4.69) is 34.4 Å². The van der Waals surface area contributed by atoms with Crippen LogP contribution in [-0.4, -0.2) is 39.8 Å². The van der Waals surface area contributed by atoms with Crippen LogP contribution in [0.1, 0.15) is 43.7 Å². The van der Waals surface area contributed by atoms with Gasteiger partial charge in [0.05, 0.1) is 16.4 Å². The fourth-order valence-corrected chi connectivity index (χ4v) is 4.68. The van der Waals surface area contributed by atoms with Crippen molar-refractivity contribution in [1.82, 2.24) is 9.97 Å². The maximum atomic E-state index is 13.0. The molecule has 1 saturated heterocycles. The van der Waals surface area contributed by atoms with Crippen LogP contribution < -0.4 is 21.1 Å². The Kier molecular flexibility index (Phi) is 5.88. The summed E-state index contributed by atoms with van der Waals surface area (Å²) in [4.78, 5) is 58.3. The number of aromatic amines is 1. The number of hydrogen-bond acceptors (Lipinski definition) is 7. The van der Waals surface area contributed by atoms with Gasteiger partial charge in [0, 0.05) is 36.8 Å². The van der Waals surface area contributed by atoms with Crippen LogP contribution in [0.5, 0.6) is 0 Å². The monoisotopic (exact) mass is 454 g/mol. The molecule has 0 bridgehead atoms. The quantitative estimate of drug-likeness (QED) is 0.474. The molecular weight excluding hydrogens is 428 g/mol. The molecule has 2 aliphatic heterocycles. The zero-order valence-electron chi connectivity index (χ0n) is 18.7. The molecule has 0 aliphatic carbocycles. The number of piperidine rings is 1. The fraction of sp³-hybridized carbons (Fsp3) is 0.455. The molecule has 33 heavy (non-hydrogen) atoms. The Morgan fingerprint density at radius 1 is 1.24 bits per heavy atom. The van der Waals surface area contributed by atoms with Crippen LogP contribution in [0.25, 0.3) is 0 Å². The van der Waals surface area contributed by atoms with Crippen LogP contribution in [0.15, 0.2) is 23.0 Å². The lowest BCUT2D eigenvalue weighted by Crippen LogP contribution is -2.42. The molecule has 174 valence electrons. The molecule has 1 fully saturated rings. The molecule has 3 heterocycles. The van der Waals surface area contributed by atoms with E-state index >= 15 is 0 Å². The summed E-state index contributed by atoms with van der Waals surface area (Å²) in [6.45, 7) is 7.33. The third-order valence-electron chi connectivity index (χ3n) is 6.10. The first-order valence-electron chi connectivity index (χ1n) is 10.9. The molecule has 3 unspecified atom stereocenters. The Morgan fingerprint density at radius 2 is 1.94 bits per heavy atom. The second-order valence-corrected chi connectivity index (χ2v) is 9.06. The summed E-state index contributed by atoms with van der Waals surface area (Å²) in [6, 6.07) is 4.31. The van der Waals surface area contributed by atoms with Gasteiger partial charge in [0.15, 0.2) is 0 Å². The summed E-state index contributed by atoms with van der Waals surface area (Å²) < 4.78 is 0. The van der Waals surface area contributed by atoms with Gasteiger partial charge in [-0.25, -0.2) is 0 Å². The molecular formula is C22H26N6O5. The number of hydrogen-bond donors (Lipinski definition) is 3. The number of H-pyrrole nitrogens is 1. The molecule has 2 aliphatic rings. The number of benzene rings is 1. The van der Waals surface area contributed by atoms with Gasteiger partial charge in [0.25, 0.3) is 11.2 Å². The number of carbonyl (C=O) groups excluding carboxylic acids is 2. The largest absolute Gasteiger partial charge is 0.342 e. The lowest BCUT2D eigenvalue weighted by atomic mass is 9.91. The van der Waals surface area contributed by atoms with Crippen molar-refractivity contribution in [1.29, 1.82) is 0 Å². The summed E-state index contributed by atoms with van der Waals surface area (Å²) >= 11 is 0. The van der Waals surface area contributed by atoms with Crippen molar-refractivity contribution in [3.8, 4) is 0 Å². The van der Waals surface area contributed by atoms with E-state index < -0.39 is 28.2 Å². The van der Waals surface area contributed by atoms with Crippen molar-refractivity contribution in [2.75, 3.05) is 28.6 Å². The van der Waals surface area contributed by atoms with E-state index in [4.69, 9.17) is 0 Å². The van der Waals surface area contributed by atoms with Crippen LogP contribution in [0.2, 0.25) is 0 Å². The molecule has 11 heteroatoms. The first-order chi connectivity index (χ1) is 15.6. The first kappa shape index (κ1) is 22.4. The normalized spacial score (nSPS) is 22.3. The highest BCUT2D eigenvalue weighted by atomic mass is 16.6. The van der Waals surface area contributed by atoms with Crippen molar-refractivity contribution < 1.29 is 14.5 Å². The van der Waals surface area contributed by atoms with E-state index in [9.17, 15) is 24.5 Å². The van der Waals surface area contributed by atoms with Gasteiger partial charge in [-0.2, -0.15) is 4.98 Å². The van der Waals surface area contributed by atoms with E-state index in [1.165, 1.54) is 18.2 Å².